The molecule has 4 rings (SSSR count). The van der Waals surface area contributed by atoms with Crippen molar-refractivity contribution in [2.75, 3.05) is 32.8 Å². The first-order chi connectivity index (χ1) is 14.6. The van der Waals surface area contributed by atoms with Crippen molar-refractivity contribution in [3.8, 4) is 0 Å². The molecule has 0 amide bonds. The Labute approximate surface area is 182 Å². The Bertz CT molecular complexity index is 1070. The summed E-state index contributed by atoms with van der Waals surface area (Å²) in [5, 5.41) is 1.50. The average Bonchev–Trinajstić information content (AvgIpc) is 2.77. The average molecular weight is 424 g/mol. The van der Waals surface area contributed by atoms with Gasteiger partial charge in [-0.15, -0.1) is 0 Å². The van der Waals surface area contributed by atoms with Crippen molar-refractivity contribution in [2.24, 2.45) is 0 Å². The molecule has 2 heterocycles. The minimum atomic E-state index is 0.0611. The highest BCUT2D eigenvalue weighted by Crippen LogP contribution is 2.24. The van der Waals surface area contributed by atoms with Gasteiger partial charge in [-0.3, -0.25) is 14.3 Å². The Hall–Kier alpha value is -2.15. The molecule has 30 heavy (non-hydrogen) atoms. The monoisotopic (exact) mass is 423 g/mol. The van der Waals surface area contributed by atoms with Gasteiger partial charge in [0, 0.05) is 31.9 Å². The molecule has 0 unspecified atom stereocenters. The van der Waals surface area contributed by atoms with Crippen molar-refractivity contribution in [1.82, 2.24) is 14.5 Å². The molecule has 0 spiro atoms. The summed E-state index contributed by atoms with van der Waals surface area (Å²) in [5.41, 5.74) is 4.66. The van der Waals surface area contributed by atoms with Crippen molar-refractivity contribution in [2.45, 2.75) is 37.7 Å². The Kier molecular flexibility index (Phi) is 6.87. The quantitative estimate of drug-likeness (QED) is 0.424. The van der Waals surface area contributed by atoms with Crippen molar-refractivity contribution in [1.29, 1.82) is 0 Å². The Morgan fingerprint density at radius 2 is 1.87 bits per heavy atom. The number of rotatable bonds is 7. The largest absolute Gasteiger partial charge is 0.379 e. The molecule has 2 aromatic carbocycles. The third kappa shape index (κ3) is 4.94. The molecule has 0 bridgehead atoms. The van der Waals surface area contributed by atoms with E-state index in [1.54, 1.807) is 11.8 Å². The predicted octanol–water partition coefficient (Wildman–Crippen LogP) is 4.03. The van der Waals surface area contributed by atoms with Crippen LogP contribution in [0.25, 0.3) is 10.9 Å². The van der Waals surface area contributed by atoms with E-state index < -0.39 is 0 Å². The lowest BCUT2D eigenvalue weighted by atomic mass is 10.1. The van der Waals surface area contributed by atoms with Crippen LogP contribution in [-0.2, 0) is 17.0 Å². The van der Waals surface area contributed by atoms with Crippen LogP contribution in [0.5, 0.6) is 0 Å². The van der Waals surface area contributed by atoms with Crippen LogP contribution >= 0.6 is 11.8 Å². The lowest BCUT2D eigenvalue weighted by Crippen LogP contribution is -2.37. The van der Waals surface area contributed by atoms with E-state index in [2.05, 4.69) is 36.9 Å². The van der Waals surface area contributed by atoms with Crippen LogP contribution in [0.15, 0.2) is 52.4 Å². The Morgan fingerprint density at radius 1 is 1.07 bits per heavy atom. The fourth-order valence-electron chi connectivity index (χ4n) is 3.83. The molecule has 1 aliphatic heterocycles. The molecular weight excluding hydrogens is 394 g/mol. The number of aryl methyl sites for hydroxylation is 2. The van der Waals surface area contributed by atoms with Gasteiger partial charge in [-0.05, 0) is 43.5 Å². The number of hydrogen-bond donors (Lipinski definition) is 0. The van der Waals surface area contributed by atoms with Crippen LogP contribution < -0.4 is 5.56 Å². The summed E-state index contributed by atoms with van der Waals surface area (Å²) in [6.07, 6.45) is 0.928. The van der Waals surface area contributed by atoms with Crippen molar-refractivity contribution < 1.29 is 4.74 Å². The number of hydrogen-bond acceptors (Lipinski definition) is 5. The van der Waals surface area contributed by atoms with Gasteiger partial charge in [0.1, 0.15) is 0 Å². The molecule has 3 aromatic rings. The molecule has 1 saturated heterocycles. The summed E-state index contributed by atoms with van der Waals surface area (Å²) < 4.78 is 7.31. The first kappa shape index (κ1) is 21.1. The van der Waals surface area contributed by atoms with Gasteiger partial charge < -0.3 is 4.74 Å². The smallest absolute Gasteiger partial charge is 0.262 e. The molecule has 0 radical (unpaired) electrons. The van der Waals surface area contributed by atoms with Crippen LogP contribution in [-0.4, -0.2) is 47.3 Å². The molecule has 0 aliphatic carbocycles. The molecule has 0 saturated carbocycles. The number of morpholine rings is 1. The van der Waals surface area contributed by atoms with Gasteiger partial charge in [-0.1, -0.05) is 47.7 Å². The molecule has 1 fully saturated rings. The number of fused-ring (bicyclic) bond motifs is 1. The van der Waals surface area contributed by atoms with Gasteiger partial charge in [-0.2, -0.15) is 0 Å². The summed E-state index contributed by atoms with van der Waals surface area (Å²) in [6.45, 7) is 9.45. The van der Waals surface area contributed by atoms with Crippen LogP contribution in [0, 0.1) is 13.8 Å². The zero-order chi connectivity index (χ0) is 20.9. The standard InChI is InChI=1S/C24H29N3O2S/c1-18-8-9-19(2)20(16-18)17-30-24-25-22-7-4-3-6-21(22)23(28)27(24)11-5-10-26-12-14-29-15-13-26/h3-4,6-9,16H,5,10-15,17H2,1-2H3. The fourth-order valence-corrected chi connectivity index (χ4v) is 4.92. The highest BCUT2D eigenvalue weighted by atomic mass is 32.2. The van der Waals surface area contributed by atoms with Crippen molar-refractivity contribution >= 4 is 22.7 Å². The lowest BCUT2D eigenvalue weighted by Gasteiger charge is -2.26. The Balaban J connectivity index is 1.57. The van der Waals surface area contributed by atoms with Gasteiger partial charge >= 0.3 is 0 Å². The summed E-state index contributed by atoms with van der Waals surface area (Å²) in [5.74, 6) is 0.807. The first-order valence-electron chi connectivity index (χ1n) is 10.6. The van der Waals surface area contributed by atoms with Crippen LogP contribution in [0.2, 0.25) is 0 Å². The zero-order valence-corrected chi connectivity index (χ0v) is 18.6. The summed E-state index contributed by atoms with van der Waals surface area (Å²) in [4.78, 5) is 20.5. The molecule has 6 heteroatoms. The highest BCUT2D eigenvalue weighted by Gasteiger charge is 2.14. The number of aromatic nitrogens is 2. The predicted molar refractivity (Wildman–Crippen MR) is 123 cm³/mol. The molecular formula is C24H29N3O2S. The van der Waals surface area contributed by atoms with Gasteiger partial charge in [-0.25, -0.2) is 4.98 Å². The molecule has 1 aromatic heterocycles. The number of para-hydroxylation sites is 1. The maximum atomic E-state index is 13.2. The first-order valence-corrected chi connectivity index (χ1v) is 11.6. The van der Waals surface area contributed by atoms with Gasteiger partial charge in [0.05, 0.1) is 24.1 Å². The van der Waals surface area contributed by atoms with E-state index in [1.807, 2.05) is 28.8 Å². The van der Waals surface area contributed by atoms with Crippen molar-refractivity contribution in [3.63, 3.8) is 0 Å². The number of nitrogens with zero attached hydrogens (tertiary/aromatic N) is 3. The second kappa shape index (κ2) is 9.77. The van der Waals surface area contributed by atoms with Crippen LogP contribution in [0.3, 0.4) is 0 Å². The fraction of sp³-hybridized carbons (Fsp3) is 0.417. The van der Waals surface area contributed by atoms with Crippen LogP contribution in [0.1, 0.15) is 23.1 Å². The molecule has 158 valence electrons. The Morgan fingerprint density at radius 3 is 2.70 bits per heavy atom. The summed E-state index contributed by atoms with van der Waals surface area (Å²) >= 11 is 1.66. The third-order valence-corrected chi connectivity index (χ3v) is 6.67. The minimum Gasteiger partial charge on any atom is -0.379 e. The number of benzene rings is 2. The topological polar surface area (TPSA) is 47.4 Å². The normalized spacial score (nSPS) is 15.0. The maximum Gasteiger partial charge on any atom is 0.262 e. The van der Waals surface area contributed by atoms with E-state index in [1.165, 1.54) is 16.7 Å². The van der Waals surface area contributed by atoms with E-state index >= 15 is 0 Å². The second-order valence-corrected chi connectivity index (χ2v) is 8.84. The SMILES string of the molecule is Cc1ccc(C)c(CSc2nc3ccccc3c(=O)n2CCCN2CCOCC2)c1. The van der Waals surface area contributed by atoms with E-state index in [9.17, 15) is 4.79 Å². The van der Waals surface area contributed by atoms with E-state index in [4.69, 9.17) is 9.72 Å². The minimum absolute atomic E-state index is 0.0611. The molecule has 5 nitrogen and oxygen atoms in total. The highest BCUT2D eigenvalue weighted by molar-refractivity contribution is 7.98. The number of ether oxygens (including phenoxy) is 1. The lowest BCUT2D eigenvalue weighted by molar-refractivity contribution is 0.0368. The maximum absolute atomic E-state index is 13.2. The summed E-state index contributed by atoms with van der Waals surface area (Å²) in [6, 6.07) is 14.2. The van der Waals surface area contributed by atoms with Gasteiger partial charge in [0.15, 0.2) is 5.16 Å². The van der Waals surface area contributed by atoms with Crippen LogP contribution in [0.4, 0.5) is 0 Å². The molecule has 0 atom stereocenters. The summed E-state index contributed by atoms with van der Waals surface area (Å²) in [7, 11) is 0. The van der Waals surface area contributed by atoms with Gasteiger partial charge in [0.25, 0.3) is 5.56 Å². The van der Waals surface area contributed by atoms with E-state index in [-0.39, 0.29) is 5.56 Å². The van der Waals surface area contributed by atoms with E-state index in [0.717, 1.165) is 55.7 Å². The molecule has 0 N–H and O–H groups in total. The zero-order valence-electron chi connectivity index (χ0n) is 17.8. The van der Waals surface area contributed by atoms with Gasteiger partial charge in [0.2, 0.25) is 0 Å². The third-order valence-electron chi connectivity index (χ3n) is 5.65. The molecule has 1 aliphatic rings. The number of thioether (sulfide) groups is 1. The van der Waals surface area contributed by atoms with Crippen molar-refractivity contribution in [3.05, 3.63) is 69.5 Å². The second-order valence-electron chi connectivity index (χ2n) is 7.89. The van der Waals surface area contributed by atoms with E-state index in [0.29, 0.717) is 11.9 Å².